The molecule has 8 heteroatoms. The topological polar surface area (TPSA) is 96.2 Å². The first-order valence-corrected chi connectivity index (χ1v) is 9.42. The van der Waals surface area contributed by atoms with E-state index >= 15 is 0 Å². The minimum Gasteiger partial charge on any atom is -0.475 e. The molecular weight excluding hydrogens is 356 g/mol. The number of amides is 1. The first kappa shape index (κ1) is 19.6. The van der Waals surface area contributed by atoms with E-state index in [1.807, 2.05) is 51.2 Å². The second kappa shape index (κ2) is 8.69. The lowest BCUT2D eigenvalue weighted by Gasteiger charge is -2.34. The van der Waals surface area contributed by atoms with Crippen molar-refractivity contribution in [2.45, 2.75) is 20.0 Å². The Labute approximate surface area is 165 Å². The molecule has 3 N–H and O–H groups in total. The van der Waals surface area contributed by atoms with E-state index < -0.39 is 0 Å². The summed E-state index contributed by atoms with van der Waals surface area (Å²) in [6.07, 6.45) is 1.56. The molecule has 0 bridgehead atoms. The highest BCUT2D eigenvalue weighted by atomic mass is 16.5. The smallest absolute Gasteiger partial charge is 0.318 e. The Bertz CT molecular complexity index is 846. The van der Waals surface area contributed by atoms with Crippen LogP contribution in [-0.2, 0) is 4.79 Å². The quantitative estimate of drug-likeness (QED) is 0.692. The van der Waals surface area contributed by atoms with Crippen LogP contribution in [0.5, 0.6) is 5.88 Å². The molecule has 1 aromatic carbocycles. The minimum absolute atomic E-state index is 0.0521. The van der Waals surface area contributed by atoms with Crippen molar-refractivity contribution in [1.82, 2.24) is 14.9 Å². The number of aromatic nitrogens is 2. The van der Waals surface area contributed by atoms with Crippen molar-refractivity contribution < 1.29 is 14.9 Å². The van der Waals surface area contributed by atoms with Crippen LogP contribution in [0, 0.1) is 0 Å². The van der Waals surface area contributed by atoms with Gasteiger partial charge in [0, 0.05) is 45.0 Å². The van der Waals surface area contributed by atoms with Gasteiger partial charge in [0.05, 0.1) is 11.7 Å². The number of para-hydroxylation sites is 1. The number of hydrogen-bond acceptors (Lipinski definition) is 6. The van der Waals surface area contributed by atoms with E-state index in [2.05, 4.69) is 20.2 Å². The summed E-state index contributed by atoms with van der Waals surface area (Å²) in [5, 5.41) is 9.27. The number of carbonyl (C=O) groups excluding carboxylic acids is 1. The number of nitrogens with two attached hydrogens (primary N) is 1. The average molecular weight is 383 g/mol. The molecule has 0 aliphatic carbocycles. The molecule has 2 aromatic rings. The Hall–Kier alpha value is -3.16. The van der Waals surface area contributed by atoms with Crippen LogP contribution in [0.3, 0.4) is 0 Å². The van der Waals surface area contributed by atoms with E-state index in [0.717, 1.165) is 17.1 Å². The number of ether oxygens (including phenoxy) is 1. The molecule has 2 heterocycles. The summed E-state index contributed by atoms with van der Waals surface area (Å²) in [6.45, 7) is 6.41. The molecule has 1 saturated heterocycles. The van der Waals surface area contributed by atoms with Gasteiger partial charge < -0.3 is 19.9 Å². The standard InChI is InChI=1S/C20H26N6O2/c1-14(2)28-18-12-17(23-13-24-18)25-8-10-26(11-9-25)20(27)19(21)15-6-4-5-7-16(15)22-3/h4-7,12-14,21-22H,8-11H2,1-3H3/p+1. The maximum atomic E-state index is 12.9. The first-order valence-electron chi connectivity index (χ1n) is 9.42. The van der Waals surface area contributed by atoms with Gasteiger partial charge in [0.2, 0.25) is 5.88 Å². The van der Waals surface area contributed by atoms with Gasteiger partial charge >= 0.3 is 5.91 Å². The van der Waals surface area contributed by atoms with Gasteiger partial charge in [-0.25, -0.2) is 15.4 Å². The number of piperazine rings is 1. The van der Waals surface area contributed by atoms with Crippen LogP contribution in [-0.4, -0.2) is 65.8 Å². The zero-order valence-corrected chi connectivity index (χ0v) is 16.6. The zero-order valence-electron chi connectivity index (χ0n) is 16.6. The molecule has 8 nitrogen and oxygen atoms in total. The summed E-state index contributed by atoms with van der Waals surface area (Å²) in [5.74, 6) is 1.21. The van der Waals surface area contributed by atoms with Crippen molar-refractivity contribution >= 4 is 23.1 Å². The molecule has 1 aromatic heterocycles. The third-order valence-electron chi connectivity index (χ3n) is 4.59. The third-order valence-corrected chi connectivity index (χ3v) is 4.59. The van der Waals surface area contributed by atoms with Crippen LogP contribution in [0.1, 0.15) is 19.4 Å². The van der Waals surface area contributed by atoms with Crippen molar-refractivity contribution in [3.63, 3.8) is 0 Å². The zero-order chi connectivity index (χ0) is 20.1. The maximum absolute atomic E-state index is 12.9. The average Bonchev–Trinajstić information content (AvgIpc) is 2.72. The molecule has 28 heavy (non-hydrogen) atoms. The molecule has 0 atom stereocenters. The van der Waals surface area contributed by atoms with E-state index in [0.29, 0.717) is 32.1 Å². The van der Waals surface area contributed by atoms with Gasteiger partial charge in [0.25, 0.3) is 5.71 Å². The Kier molecular flexibility index (Phi) is 6.08. The predicted octanol–water partition coefficient (Wildman–Crippen LogP) is 0.203. The Morgan fingerprint density at radius 3 is 2.57 bits per heavy atom. The normalized spacial score (nSPS) is 14.1. The van der Waals surface area contributed by atoms with Gasteiger partial charge in [-0.2, -0.15) is 0 Å². The molecule has 0 radical (unpaired) electrons. The Balaban J connectivity index is 1.63. The predicted molar refractivity (Wildman–Crippen MR) is 109 cm³/mol. The molecular formula is C20H27N6O2+. The number of nitrogens with one attached hydrogen (secondary N) is 1. The van der Waals surface area contributed by atoms with E-state index in [1.165, 1.54) is 6.33 Å². The summed E-state index contributed by atoms with van der Waals surface area (Å²) >= 11 is 0. The van der Waals surface area contributed by atoms with E-state index in [9.17, 15) is 4.79 Å². The van der Waals surface area contributed by atoms with E-state index in [4.69, 9.17) is 10.1 Å². The summed E-state index contributed by atoms with van der Waals surface area (Å²) in [5.41, 5.74) is 1.82. The van der Waals surface area contributed by atoms with Crippen LogP contribution in [0.4, 0.5) is 11.5 Å². The van der Waals surface area contributed by atoms with Crippen molar-refractivity contribution in [3.05, 3.63) is 42.2 Å². The van der Waals surface area contributed by atoms with Crippen molar-refractivity contribution in [2.24, 2.45) is 0 Å². The largest absolute Gasteiger partial charge is 0.475 e. The fraction of sp³-hybridized carbons (Fsp3) is 0.400. The summed E-state index contributed by atoms with van der Waals surface area (Å²) < 4.78 is 5.64. The summed E-state index contributed by atoms with van der Waals surface area (Å²) in [7, 11) is 1.81. The number of nitrogens with zero attached hydrogens (tertiary/aromatic N) is 4. The molecule has 0 unspecified atom stereocenters. The molecule has 3 rings (SSSR count). The van der Waals surface area contributed by atoms with Crippen molar-refractivity contribution in [3.8, 4) is 5.88 Å². The molecule has 1 aliphatic heterocycles. The van der Waals surface area contributed by atoms with Crippen LogP contribution >= 0.6 is 0 Å². The lowest BCUT2D eigenvalue weighted by atomic mass is 10.1. The number of hydrogen-bond donors (Lipinski definition) is 2. The SMILES string of the molecule is CNc1ccccc1C(=[NH2+])C(=O)N1CCN(c2cc(OC(C)C)ncn2)CC1. The molecule has 0 spiro atoms. The highest BCUT2D eigenvalue weighted by Gasteiger charge is 2.29. The molecule has 148 valence electrons. The fourth-order valence-corrected chi connectivity index (χ4v) is 3.17. The monoisotopic (exact) mass is 383 g/mol. The molecule has 0 saturated carbocycles. The van der Waals surface area contributed by atoms with Gasteiger partial charge in [-0.1, -0.05) is 12.1 Å². The van der Waals surface area contributed by atoms with Gasteiger partial charge in [0.15, 0.2) is 0 Å². The fourth-order valence-electron chi connectivity index (χ4n) is 3.17. The van der Waals surface area contributed by atoms with Gasteiger partial charge in [-0.05, 0) is 26.0 Å². The number of rotatable bonds is 6. The maximum Gasteiger partial charge on any atom is 0.318 e. The van der Waals surface area contributed by atoms with Crippen LogP contribution < -0.4 is 20.4 Å². The molecule has 1 aliphatic rings. The van der Waals surface area contributed by atoms with Gasteiger partial charge in [-0.3, -0.25) is 4.79 Å². The summed E-state index contributed by atoms with van der Waals surface area (Å²) in [6, 6.07) is 9.37. The Morgan fingerprint density at radius 2 is 1.89 bits per heavy atom. The first-order chi connectivity index (χ1) is 13.5. The number of carbonyl (C=O) groups is 1. The summed E-state index contributed by atoms with van der Waals surface area (Å²) in [4.78, 5) is 25.2. The molecule has 1 amide bonds. The van der Waals surface area contributed by atoms with E-state index in [-0.39, 0.29) is 17.7 Å². The van der Waals surface area contributed by atoms with Crippen LogP contribution in [0.2, 0.25) is 0 Å². The van der Waals surface area contributed by atoms with Crippen molar-refractivity contribution in [2.75, 3.05) is 43.4 Å². The second-order valence-corrected chi connectivity index (χ2v) is 6.87. The molecule has 1 fully saturated rings. The van der Waals surface area contributed by atoms with Crippen LogP contribution in [0.15, 0.2) is 36.7 Å². The van der Waals surface area contributed by atoms with Gasteiger partial charge in [0.1, 0.15) is 12.1 Å². The van der Waals surface area contributed by atoms with Crippen molar-refractivity contribution in [1.29, 1.82) is 0 Å². The van der Waals surface area contributed by atoms with Gasteiger partial charge in [-0.15, -0.1) is 0 Å². The number of benzene rings is 1. The third kappa shape index (κ3) is 4.39. The lowest BCUT2D eigenvalue weighted by molar-refractivity contribution is -0.142. The lowest BCUT2D eigenvalue weighted by Crippen LogP contribution is -2.56. The highest BCUT2D eigenvalue weighted by molar-refractivity contribution is 6.43. The van der Waals surface area contributed by atoms with Crippen LogP contribution in [0.25, 0.3) is 0 Å². The second-order valence-electron chi connectivity index (χ2n) is 6.87. The van der Waals surface area contributed by atoms with E-state index in [1.54, 1.807) is 4.90 Å². The highest BCUT2D eigenvalue weighted by Crippen LogP contribution is 2.19. The number of anilines is 2. The Morgan fingerprint density at radius 1 is 1.18 bits per heavy atom. The minimum atomic E-state index is -0.145.